The van der Waals surface area contributed by atoms with Gasteiger partial charge in [-0.15, -0.1) is 0 Å². The van der Waals surface area contributed by atoms with Crippen molar-refractivity contribution in [2.45, 2.75) is 57.3 Å². The van der Waals surface area contributed by atoms with E-state index < -0.39 is 0 Å². The van der Waals surface area contributed by atoms with Gasteiger partial charge < -0.3 is 24.4 Å². The Balaban J connectivity index is 1.47. The summed E-state index contributed by atoms with van der Waals surface area (Å²) in [5.41, 5.74) is 0.355. The Hall–Kier alpha value is -0.850. The lowest BCUT2D eigenvalue weighted by atomic mass is 9.54. The number of fused-ring (bicyclic) bond motifs is 2. The van der Waals surface area contributed by atoms with Gasteiger partial charge in [0.15, 0.2) is 5.96 Å². The van der Waals surface area contributed by atoms with Crippen molar-refractivity contribution in [1.29, 1.82) is 0 Å². The first-order valence-electron chi connectivity index (χ1n) is 10.1. The van der Waals surface area contributed by atoms with E-state index in [4.69, 9.17) is 19.2 Å². The summed E-state index contributed by atoms with van der Waals surface area (Å²) >= 11 is 0. The predicted molar refractivity (Wildman–Crippen MR) is 96.8 cm³/mol. The molecule has 6 nitrogen and oxygen atoms in total. The van der Waals surface area contributed by atoms with Gasteiger partial charge in [-0.05, 0) is 26.2 Å². The van der Waals surface area contributed by atoms with Gasteiger partial charge in [-0.3, -0.25) is 4.99 Å². The van der Waals surface area contributed by atoms with Gasteiger partial charge in [-0.1, -0.05) is 12.8 Å². The molecule has 2 aliphatic heterocycles. The van der Waals surface area contributed by atoms with E-state index in [-0.39, 0.29) is 6.10 Å². The molecule has 2 saturated heterocycles. The summed E-state index contributed by atoms with van der Waals surface area (Å²) in [6.45, 7) is 6.98. The zero-order chi connectivity index (χ0) is 17.3. The second-order valence-corrected chi connectivity index (χ2v) is 8.00. The number of aliphatic imine (C=N–C) groups is 1. The maximum Gasteiger partial charge on any atom is 0.194 e. The maximum atomic E-state index is 6.13. The highest BCUT2D eigenvalue weighted by atomic mass is 16.5. The van der Waals surface area contributed by atoms with Gasteiger partial charge in [0.1, 0.15) is 0 Å². The smallest absolute Gasteiger partial charge is 0.194 e. The highest BCUT2D eigenvalue weighted by molar-refractivity contribution is 5.81. The average Bonchev–Trinajstić information content (AvgIpc) is 3.27. The summed E-state index contributed by atoms with van der Waals surface area (Å²) in [6.07, 6.45) is 7.12. The zero-order valence-corrected chi connectivity index (χ0v) is 15.7. The zero-order valence-electron chi connectivity index (χ0n) is 15.7. The molecular weight excluding hydrogens is 318 g/mol. The fourth-order valence-corrected chi connectivity index (χ4v) is 5.63. The van der Waals surface area contributed by atoms with Crippen LogP contribution < -0.4 is 5.32 Å². The van der Waals surface area contributed by atoms with Gasteiger partial charge in [-0.25, -0.2) is 0 Å². The Morgan fingerprint density at radius 2 is 2.12 bits per heavy atom. The lowest BCUT2D eigenvalue weighted by Crippen LogP contribution is -2.70. The van der Waals surface area contributed by atoms with Crippen molar-refractivity contribution >= 4 is 5.96 Å². The van der Waals surface area contributed by atoms with Crippen LogP contribution in [0.3, 0.4) is 0 Å². The molecule has 142 valence electrons. The van der Waals surface area contributed by atoms with Crippen LogP contribution >= 0.6 is 0 Å². The molecule has 1 spiro atoms. The van der Waals surface area contributed by atoms with E-state index in [1.54, 1.807) is 7.11 Å². The quantitative estimate of drug-likeness (QED) is 0.616. The van der Waals surface area contributed by atoms with Gasteiger partial charge >= 0.3 is 0 Å². The molecule has 4 aliphatic rings. The van der Waals surface area contributed by atoms with E-state index in [2.05, 4.69) is 17.1 Å². The molecule has 6 heteroatoms. The molecule has 25 heavy (non-hydrogen) atoms. The Morgan fingerprint density at radius 3 is 2.88 bits per heavy atom. The van der Waals surface area contributed by atoms with E-state index >= 15 is 0 Å². The van der Waals surface area contributed by atoms with Crippen LogP contribution in [0.1, 0.15) is 39.0 Å². The van der Waals surface area contributed by atoms with E-state index in [0.717, 1.165) is 38.8 Å². The molecule has 4 fully saturated rings. The highest BCUT2D eigenvalue weighted by Gasteiger charge is 2.65. The van der Waals surface area contributed by atoms with Gasteiger partial charge in [0, 0.05) is 50.7 Å². The van der Waals surface area contributed by atoms with E-state index in [1.165, 1.54) is 32.1 Å². The van der Waals surface area contributed by atoms with Crippen molar-refractivity contribution in [2.24, 2.45) is 16.3 Å². The van der Waals surface area contributed by atoms with Crippen LogP contribution in [0, 0.1) is 11.3 Å². The van der Waals surface area contributed by atoms with Crippen molar-refractivity contribution in [3.63, 3.8) is 0 Å². The summed E-state index contributed by atoms with van der Waals surface area (Å²) in [4.78, 5) is 7.19. The van der Waals surface area contributed by atoms with Gasteiger partial charge in [-0.2, -0.15) is 0 Å². The molecule has 1 N–H and O–H groups in total. The Labute approximate surface area is 151 Å². The number of rotatable bonds is 4. The monoisotopic (exact) mass is 351 g/mol. The second kappa shape index (κ2) is 7.41. The minimum absolute atomic E-state index is 0.131. The summed E-state index contributed by atoms with van der Waals surface area (Å²) in [5, 5.41) is 3.89. The molecule has 4 atom stereocenters. The van der Waals surface area contributed by atoms with Crippen molar-refractivity contribution in [3.8, 4) is 0 Å². The van der Waals surface area contributed by atoms with E-state index in [1.807, 2.05) is 0 Å². The summed E-state index contributed by atoms with van der Waals surface area (Å²) in [5.74, 6) is 1.73. The van der Waals surface area contributed by atoms with Crippen LogP contribution in [0.15, 0.2) is 4.99 Å². The van der Waals surface area contributed by atoms with Crippen LogP contribution in [0.4, 0.5) is 0 Å². The van der Waals surface area contributed by atoms with E-state index in [0.29, 0.717) is 30.1 Å². The fourth-order valence-electron chi connectivity index (χ4n) is 5.63. The molecule has 0 aromatic rings. The SMILES string of the molecule is CCN=C(NC1C2CCOC2C12CCCC2)N1CCOC(COC)C1. The standard InChI is InChI=1S/C19H33N3O3/c1-3-20-18(22-9-11-24-14(12-22)13-23-2)21-16-15-6-10-25-17(15)19(16)7-4-5-8-19/h14-17H,3-13H2,1-2H3,(H,20,21). The number of nitrogens with one attached hydrogen (secondary N) is 1. The molecule has 2 saturated carbocycles. The summed E-state index contributed by atoms with van der Waals surface area (Å²) in [7, 11) is 1.74. The number of ether oxygens (including phenoxy) is 3. The lowest BCUT2D eigenvalue weighted by Gasteiger charge is -2.57. The average molecular weight is 351 g/mol. The van der Waals surface area contributed by atoms with E-state index in [9.17, 15) is 0 Å². The Morgan fingerprint density at radius 1 is 1.28 bits per heavy atom. The third-order valence-electron chi connectivity index (χ3n) is 6.67. The molecule has 0 amide bonds. The molecule has 4 unspecified atom stereocenters. The van der Waals surface area contributed by atoms with Crippen molar-refractivity contribution in [2.75, 3.05) is 46.6 Å². The minimum Gasteiger partial charge on any atom is -0.382 e. The van der Waals surface area contributed by atoms with Crippen LogP contribution in [0.2, 0.25) is 0 Å². The van der Waals surface area contributed by atoms with Gasteiger partial charge in [0.2, 0.25) is 0 Å². The maximum absolute atomic E-state index is 6.13. The predicted octanol–water partition coefficient (Wildman–Crippen LogP) is 1.65. The first-order chi connectivity index (χ1) is 12.3. The third-order valence-corrected chi connectivity index (χ3v) is 6.67. The molecule has 0 radical (unpaired) electrons. The second-order valence-electron chi connectivity index (χ2n) is 8.00. The minimum atomic E-state index is 0.131. The first-order valence-corrected chi connectivity index (χ1v) is 10.1. The van der Waals surface area contributed by atoms with Gasteiger partial charge in [0.25, 0.3) is 0 Å². The number of hydrogen-bond acceptors (Lipinski definition) is 4. The number of hydrogen-bond donors (Lipinski definition) is 1. The Bertz CT molecular complexity index is 490. The Kier molecular flexibility index (Phi) is 5.20. The van der Waals surface area contributed by atoms with Crippen LogP contribution in [-0.4, -0.2) is 75.7 Å². The normalized spacial score (nSPS) is 37.2. The molecule has 0 bridgehead atoms. The van der Waals surface area contributed by atoms with Crippen molar-refractivity contribution < 1.29 is 14.2 Å². The third kappa shape index (κ3) is 3.06. The molecule has 0 aromatic heterocycles. The topological polar surface area (TPSA) is 55.3 Å². The van der Waals surface area contributed by atoms with Crippen LogP contribution in [0.5, 0.6) is 0 Å². The molecule has 0 aromatic carbocycles. The first kappa shape index (κ1) is 17.6. The lowest BCUT2D eigenvalue weighted by molar-refractivity contribution is -0.126. The number of nitrogens with zero attached hydrogens (tertiary/aromatic N) is 2. The van der Waals surface area contributed by atoms with Gasteiger partial charge in [0.05, 0.1) is 25.4 Å². The molecular formula is C19H33N3O3. The summed E-state index contributed by atoms with van der Waals surface area (Å²) < 4.78 is 17.2. The van der Waals surface area contributed by atoms with Crippen LogP contribution in [-0.2, 0) is 14.2 Å². The van der Waals surface area contributed by atoms with Crippen molar-refractivity contribution in [3.05, 3.63) is 0 Å². The summed E-state index contributed by atoms with van der Waals surface area (Å²) in [6, 6.07) is 0.525. The largest absolute Gasteiger partial charge is 0.382 e. The van der Waals surface area contributed by atoms with Crippen molar-refractivity contribution in [1.82, 2.24) is 10.2 Å². The molecule has 4 rings (SSSR count). The van der Waals surface area contributed by atoms with Crippen LogP contribution in [0.25, 0.3) is 0 Å². The fraction of sp³-hybridized carbons (Fsp3) is 0.947. The number of morpholine rings is 1. The highest BCUT2D eigenvalue weighted by Crippen LogP contribution is 2.60. The molecule has 2 heterocycles. The number of methoxy groups -OCH3 is 1. The molecule has 2 aliphatic carbocycles. The number of guanidine groups is 1.